The number of rotatable bonds is 9. The summed E-state index contributed by atoms with van der Waals surface area (Å²) < 4.78 is 31.1. The highest BCUT2D eigenvalue weighted by atomic mass is 32.2. The Morgan fingerprint density at radius 2 is 1.53 bits per heavy atom. The maximum atomic E-state index is 13.2. The van der Waals surface area contributed by atoms with Gasteiger partial charge in [0.15, 0.2) is 9.84 Å². The predicted octanol–water partition coefficient (Wildman–Crippen LogP) is 5.65. The van der Waals surface area contributed by atoms with E-state index in [-0.39, 0.29) is 33.0 Å². The summed E-state index contributed by atoms with van der Waals surface area (Å²) in [5.74, 6) is -0.539. The quantitative estimate of drug-likeness (QED) is 0.303. The molecule has 0 aliphatic heterocycles. The van der Waals surface area contributed by atoms with Crippen LogP contribution in [-0.2, 0) is 15.3 Å². The zero-order valence-electron chi connectivity index (χ0n) is 22.4. The van der Waals surface area contributed by atoms with Crippen LogP contribution in [0.25, 0.3) is 0 Å². The van der Waals surface area contributed by atoms with Crippen molar-refractivity contribution >= 4 is 38.7 Å². The molecule has 0 fully saturated rings. The van der Waals surface area contributed by atoms with Crippen LogP contribution in [0.2, 0.25) is 0 Å². The normalized spacial score (nSPS) is 11.6. The zero-order chi connectivity index (χ0) is 28.1. The fraction of sp³-hybridized carbons (Fsp3) is 0.310. The number of nitrogens with one attached hydrogen (secondary N) is 2. The van der Waals surface area contributed by atoms with Crippen LogP contribution >= 0.6 is 0 Å². The van der Waals surface area contributed by atoms with Crippen molar-refractivity contribution in [2.75, 3.05) is 29.2 Å². The first-order valence-corrected chi connectivity index (χ1v) is 14.0. The SMILES string of the molecule is CCCCS(=O)(=O)c1ccc(C(=O)Nc2ccc(OC)cc2)c(NC(=O)c2ccc(C(C)(C)C)cc2)c1N. The molecule has 8 nitrogen and oxygen atoms in total. The van der Waals surface area contributed by atoms with E-state index in [2.05, 4.69) is 31.4 Å². The van der Waals surface area contributed by atoms with Crippen LogP contribution in [0.1, 0.15) is 66.8 Å². The van der Waals surface area contributed by atoms with Gasteiger partial charge in [0.2, 0.25) is 0 Å². The molecule has 0 heterocycles. The van der Waals surface area contributed by atoms with E-state index in [4.69, 9.17) is 10.5 Å². The maximum Gasteiger partial charge on any atom is 0.257 e. The Labute approximate surface area is 224 Å². The third-order valence-corrected chi connectivity index (χ3v) is 8.00. The minimum atomic E-state index is -3.73. The van der Waals surface area contributed by atoms with E-state index in [1.54, 1.807) is 36.4 Å². The number of carbonyl (C=O) groups excluding carboxylic acids is 2. The number of nitrogen functional groups attached to an aromatic ring is 1. The fourth-order valence-corrected chi connectivity index (χ4v) is 5.42. The third kappa shape index (κ3) is 6.72. The average Bonchev–Trinajstić information content (AvgIpc) is 2.88. The van der Waals surface area contributed by atoms with Crippen molar-refractivity contribution in [2.45, 2.75) is 50.8 Å². The second-order valence-corrected chi connectivity index (χ2v) is 12.1. The molecular formula is C29H35N3O5S. The zero-order valence-corrected chi connectivity index (χ0v) is 23.2. The van der Waals surface area contributed by atoms with Gasteiger partial charge in [0.05, 0.1) is 34.7 Å². The Hall–Kier alpha value is -3.85. The molecule has 3 aromatic rings. The van der Waals surface area contributed by atoms with Crippen molar-refractivity contribution in [1.82, 2.24) is 0 Å². The van der Waals surface area contributed by atoms with Gasteiger partial charge in [-0.25, -0.2) is 8.42 Å². The highest BCUT2D eigenvalue weighted by Gasteiger charge is 2.25. The standard InChI is InChI=1S/C29H35N3O5S/c1-6-7-18-38(35,36)24-17-16-23(28(34)31-21-12-14-22(37-5)15-13-21)26(25(24)30)32-27(33)19-8-10-20(11-9-19)29(2,3)4/h8-17H,6-7,18,30H2,1-5H3,(H,31,34)(H,32,33). The third-order valence-electron chi connectivity index (χ3n) is 6.15. The van der Waals surface area contributed by atoms with Crippen molar-refractivity contribution in [1.29, 1.82) is 0 Å². The predicted molar refractivity (Wildman–Crippen MR) is 152 cm³/mol. The monoisotopic (exact) mass is 537 g/mol. The van der Waals surface area contributed by atoms with E-state index in [0.717, 1.165) is 5.56 Å². The summed E-state index contributed by atoms with van der Waals surface area (Å²) in [6, 6.07) is 16.5. The molecule has 0 radical (unpaired) electrons. The van der Waals surface area contributed by atoms with Gasteiger partial charge in [-0.1, -0.05) is 46.2 Å². The highest BCUT2D eigenvalue weighted by molar-refractivity contribution is 7.91. The van der Waals surface area contributed by atoms with Gasteiger partial charge < -0.3 is 21.1 Å². The van der Waals surface area contributed by atoms with E-state index < -0.39 is 21.7 Å². The summed E-state index contributed by atoms with van der Waals surface area (Å²) in [5, 5.41) is 5.45. The Morgan fingerprint density at radius 3 is 2.08 bits per heavy atom. The summed E-state index contributed by atoms with van der Waals surface area (Å²) >= 11 is 0. The molecule has 0 bridgehead atoms. The van der Waals surface area contributed by atoms with Gasteiger partial charge in [-0.2, -0.15) is 0 Å². The number of amides is 2. The highest BCUT2D eigenvalue weighted by Crippen LogP contribution is 2.33. The molecule has 0 saturated heterocycles. The number of sulfone groups is 1. The lowest BCUT2D eigenvalue weighted by Crippen LogP contribution is -2.21. The first kappa shape index (κ1) is 28.7. The van der Waals surface area contributed by atoms with Gasteiger partial charge in [-0.05, 0) is 65.9 Å². The number of nitrogens with two attached hydrogens (primary N) is 1. The summed E-state index contributed by atoms with van der Waals surface area (Å²) in [7, 11) is -2.19. The Balaban J connectivity index is 2.01. The van der Waals surface area contributed by atoms with Crippen LogP contribution in [-0.4, -0.2) is 33.1 Å². The number of methoxy groups -OCH3 is 1. The summed E-state index contributed by atoms with van der Waals surface area (Å²) in [6.45, 7) is 8.10. The molecule has 2 amide bonds. The van der Waals surface area contributed by atoms with Crippen molar-refractivity contribution < 1.29 is 22.7 Å². The molecule has 4 N–H and O–H groups in total. The van der Waals surface area contributed by atoms with Crippen molar-refractivity contribution in [3.05, 3.63) is 77.4 Å². The molecule has 0 unspecified atom stereocenters. The van der Waals surface area contributed by atoms with Crippen LogP contribution in [0.3, 0.4) is 0 Å². The lowest BCUT2D eigenvalue weighted by Gasteiger charge is -2.19. The maximum absolute atomic E-state index is 13.2. The summed E-state index contributed by atoms with van der Waals surface area (Å²) in [5.41, 5.74) is 7.93. The molecule has 202 valence electrons. The van der Waals surface area contributed by atoms with Gasteiger partial charge in [0, 0.05) is 11.3 Å². The number of carbonyl (C=O) groups is 2. The van der Waals surface area contributed by atoms with Crippen molar-refractivity contribution in [3.8, 4) is 5.75 Å². The molecular weight excluding hydrogens is 502 g/mol. The second kappa shape index (κ2) is 11.7. The first-order valence-electron chi connectivity index (χ1n) is 12.4. The van der Waals surface area contributed by atoms with Gasteiger partial charge in [-0.15, -0.1) is 0 Å². The molecule has 0 atom stereocenters. The summed E-state index contributed by atoms with van der Waals surface area (Å²) in [6.07, 6.45) is 1.15. The average molecular weight is 538 g/mol. The number of ether oxygens (including phenoxy) is 1. The number of hydrogen-bond acceptors (Lipinski definition) is 6. The van der Waals surface area contributed by atoms with E-state index >= 15 is 0 Å². The molecule has 0 aromatic heterocycles. The van der Waals surface area contributed by atoms with Gasteiger partial charge in [-0.3, -0.25) is 9.59 Å². The minimum Gasteiger partial charge on any atom is -0.497 e. The molecule has 0 aliphatic rings. The molecule has 9 heteroatoms. The number of unbranched alkanes of at least 4 members (excludes halogenated alkanes) is 1. The van der Waals surface area contributed by atoms with E-state index in [0.29, 0.717) is 29.8 Å². The molecule has 0 aliphatic carbocycles. The second-order valence-electron chi connectivity index (χ2n) is 10.0. The fourth-order valence-electron chi connectivity index (χ4n) is 3.82. The van der Waals surface area contributed by atoms with Crippen LogP contribution in [0.5, 0.6) is 5.75 Å². The van der Waals surface area contributed by atoms with Crippen molar-refractivity contribution in [2.24, 2.45) is 0 Å². The van der Waals surface area contributed by atoms with Crippen LogP contribution in [0, 0.1) is 0 Å². The first-order chi connectivity index (χ1) is 17.9. The number of benzene rings is 3. The molecule has 3 rings (SSSR count). The lowest BCUT2D eigenvalue weighted by molar-refractivity contribution is 0.102. The van der Waals surface area contributed by atoms with Gasteiger partial charge >= 0.3 is 0 Å². The topological polar surface area (TPSA) is 128 Å². The van der Waals surface area contributed by atoms with Crippen LogP contribution in [0.4, 0.5) is 17.1 Å². The summed E-state index contributed by atoms with van der Waals surface area (Å²) in [4.78, 5) is 26.3. The van der Waals surface area contributed by atoms with Crippen LogP contribution < -0.4 is 21.1 Å². The lowest BCUT2D eigenvalue weighted by atomic mass is 9.86. The van der Waals surface area contributed by atoms with Crippen molar-refractivity contribution in [3.63, 3.8) is 0 Å². The Bertz CT molecular complexity index is 1410. The molecule has 0 saturated carbocycles. The Morgan fingerprint density at radius 1 is 0.895 bits per heavy atom. The van der Waals surface area contributed by atoms with Gasteiger partial charge in [0.1, 0.15) is 5.75 Å². The van der Waals surface area contributed by atoms with E-state index in [1.807, 2.05) is 19.1 Å². The molecule has 38 heavy (non-hydrogen) atoms. The number of anilines is 3. The molecule has 3 aromatic carbocycles. The minimum absolute atomic E-state index is 0.0346. The van der Waals surface area contributed by atoms with Crippen LogP contribution in [0.15, 0.2) is 65.6 Å². The van der Waals surface area contributed by atoms with E-state index in [9.17, 15) is 18.0 Å². The van der Waals surface area contributed by atoms with Gasteiger partial charge in [0.25, 0.3) is 11.8 Å². The van der Waals surface area contributed by atoms with E-state index in [1.165, 1.54) is 19.2 Å². The largest absolute Gasteiger partial charge is 0.497 e. The smallest absolute Gasteiger partial charge is 0.257 e. The Kier molecular flexibility index (Phi) is 8.83. The molecule has 0 spiro atoms. The number of hydrogen-bond donors (Lipinski definition) is 3.